The molecule has 0 bridgehead atoms. The van der Waals surface area contributed by atoms with E-state index in [2.05, 4.69) is 5.32 Å². The van der Waals surface area contributed by atoms with Crippen LogP contribution in [-0.2, 0) is 4.79 Å². The first-order valence-electron chi connectivity index (χ1n) is 7.79. The second-order valence-electron chi connectivity index (χ2n) is 5.79. The maximum absolute atomic E-state index is 12.5. The lowest BCUT2D eigenvalue weighted by molar-refractivity contribution is -0.119. The van der Waals surface area contributed by atoms with Crippen LogP contribution in [0, 0.1) is 0 Å². The van der Waals surface area contributed by atoms with Gasteiger partial charge in [0.25, 0.3) is 11.8 Å². The van der Waals surface area contributed by atoms with E-state index < -0.39 is 23.8 Å². The molecule has 6 heteroatoms. The highest BCUT2D eigenvalue weighted by Crippen LogP contribution is 2.25. The number of carbonyl (C=O) groups is 4. The zero-order valence-corrected chi connectivity index (χ0v) is 13.8. The molecule has 0 saturated carbocycles. The van der Waals surface area contributed by atoms with Crippen LogP contribution in [-0.4, -0.2) is 34.4 Å². The van der Waals surface area contributed by atoms with Crippen LogP contribution in [0.1, 0.15) is 44.9 Å². The molecule has 25 heavy (non-hydrogen) atoms. The van der Waals surface area contributed by atoms with Crippen molar-refractivity contribution < 1.29 is 19.2 Å². The van der Waals surface area contributed by atoms with Gasteiger partial charge in [0, 0.05) is 5.56 Å². The predicted octanol–water partition coefficient (Wildman–Crippen LogP) is 2.51. The number of imide groups is 1. The minimum atomic E-state index is -1.01. The number of benzene rings is 2. The first-order valence-corrected chi connectivity index (χ1v) is 7.79. The molecule has 0 saturated heterocycles. The third-order valence-corrected chi connectivity index (χ3v) is 4.16. The Hall–Kier alpha value is -3.28. The van der Waals surface area contributed by atoms with Gasteiger partial charge in [-0.15, -0.1) is 0 Å². The molecule has 6 nitrogen and oxygen atoms in total. The van der Waals surface area contributed by atoms with Crippen LogP contribution in [0.3, 0.4) is 0 Å². The fourth-order valence-corrected chi connectivity index (χ4v) is 2.81. The third kappa shape index (κ3) is 2.82. The summed E-state index contributed by atoms with van der Waals surface area (Å²) in [7, 11) is 0. The van der Waals surface area contributed by atoms with Crippen molar-refractivity contribution in [2.45, 2.75) is 19.9 Å². The number of hydrogen-bond acceptors (Lipinski definition) is 4. The van der Waals surface area contributed by atoms with E-state index in [0.29, 0.717) is 11.3 Å². The van der Waals surface area contributed by atoms with Crippen molar-refractivity contribution in [2.75, 3.05) is 5.32 Å². The zero-order chi connectivity index (χ0) is 18.1. The lowest BCUT2D eigenvalue weighted by atomic mass is 10.1. The van der Waals surface area contributed by atoms with E-state index in [9.17, 15) is 19.2 Å². The van der Waals surface area contributed by atoms with Crippen LogP contribution in [0.25, 0.3) is 0 Å². The summed E-state index contributed by atoms with van der Waals surface area (Å²) in [5.74, 6) is -1.72. The minimum Gasteiger partial charge on any atom is -0.324 e. The number of rotatable bonds is 4. The minimum absolute atomic E-state index is 0.190. The van der Waals surface area contributed by atoms with Crippen molar-refractivity contribution in [1.29, 1.82) is 0 Å². The van der Waals surface area contributed by atoms with Crippen molar-refractivity contribution in [3.8, 4) is 0 Å². The van der Waals surface area contributed by atoms with Crippen LogP contribution in [0.2, 0.25) is 0 Å². The van der Waals surface area contributed by atoms with Gasteiger partial charge in [0.1, 0.15) is 6.04 Å². The molecule has 3 rings (SSSR count). The molecule has 1 N–H and O–H groups in total. The van der Waals surface area contributed by atoms with E-state index in [1.165, 1.54) is 13.8 Å². The van der Waals surface area contributed by atoms with Gasteiger partial charge in [-0.25, -0.2) is 0 Å². The standard InChI is InChI=1S/C19H16N2O4/c1-11(17(23)20-16-10-6-5-7-13(16)12(2)22)21-18(24)14-8-3-4-9-15(14)19(21)25/h3-11H,1-2H3,(H,20,23). The summed E-state index contributed by atoms with van der Waals surface area (Å²) >= 11 is 0. The van der Waals surface area contributed by atoms with Crippen LogP contribution in [0.4, 0.5) is 5.69 Å². The second-order valence-corrected chi connectivity index (χ2v) is 5.79. The summed E-state index contributed by atoms with van der Waals surface area (Å²) in [6.07, 6.45) is 0. The Balaban J connectivity index is 1.84. The second kappa shape index (κ2) is 6.32. The Morgan fingerprint density at radius 3 is 2.00 bits per heavy atom. The summed E-state index contributed by atoms with van der Waals surface area (Å²) in [5, 5.41) is 2.63. The highest BCUT2D eigenvalue weighted by atomic mass is 16.2. The average molecular weight is 336 g/mol. The normalized spacial score (nSPS) is 14.2. The number of carbonyl (C=O) groups excluding carboxylic acids is 4. The summed E-state index contributed by atoms with van der Waals surface area (Å²) in [6, 6.07) is 12.0. The molecule has 2 aromatic carbocycles. The molecule has 0 fully saturated rings. The Kier molecular flexibility index (Phi) is 4.19. The number of nitrogens with one attached hydrogen (secondary N) is 1. The van der Waals surface area contributed by atoms with E-state index in [-0.39, 0.29) is 16.9 Å². The molecule has 0 radical (unpaired) electrons. The molecule has 1 heterocycles. The first kappa shape index (κ1) is 16.6. The lowest BCUT2D eigenvalue weighted by Crippen LogP contribution is -2.45. The van der Waals surface area contributed by atoms with Gasteiger partial charge < -0.3 is 5.32 Å². The molecule has 0 spiro atoms. The van der Waals surface area contributed by atoms with Crippen LogP contribution in [0.5, 0.6) is 0 Å². The maximum atomic E-state index is 12.5. The van der Waals surface area contributed by atoms with Gasteiger partial charge in [0.2, 0.25) is 5.91 Å². The molecule has 0 aromatic heterocycles. The maximum Gasteiger partial charge on any atom is 0.262 e. The number of amides is 3. The highest BCUT2D eigenvalue weighted by molar-refractivity contribution is 6.23. The van der Waals surface area contributed by atoms with Gasteiger partial charge in [-0.3, -0.25) is 24.1 Å². The van der Waals surface area contributed by atoms with E-state index in [1.54, 1.807) is 48.5 Å². The van der Waals surface area contributed by atoms with Crippen molar-refractivity contribution in [1.82, 2.24) is 4.90 Å². The van der Waals surface area contributed by atoms with E-state index in [0.717, 1.165) is 4.90 Å². The van der Waals surface area contributed by atoms with Gasteiger partial charge in [-0.05, 0) is 38.1 Å². The summed E-state index contributed by atoms with van der Waals surface area (Å²) in [5.41, 5.74) is 1.29. The van der Waals surface area contributed by atoms with Crippen LogP contribution < -0.4 is 5.32 Å². The predicted molar refractivity (Wildman–Crippen MR) is 91.5 cm³/mol. The van der Waals surface area contributed by atoms with Gasteiger partial charge in [0.05, 0.1) is 16.8 Å². The smallest absolute Gasteiger partial charge is 0.262 e. The number of Topliss-reactive ketones (excluding diaryl/α,β-unsaturated/α-hetero) is 1. The molecule has 126 valence electrons. The Labute approximate surface area is 144 Å². The average Bonchev–Trinajstić information content (AvgIpc) is 2.86. The van der Waals surface area contributed by atoms with Gasteiger partial charge in [-0.1, -0.05) is 24.3 Å². The number of ketones is 1. The molecule has 1 atom stereocenters. The summed E-state index contributed by atoms with van der Waals surface area (Å²) < 4.78 is 0. The fraction of sp³-hybridized carbons (Fsp3) is 0.158. The number of hydrogen-bond donors (Lipinski definition) is 1. The molecule has 3 amide bonds. The van der Waals surface area contributed by atoms with Crippen molar-refractivity contribution in [3.63, 3.8) is 0 Å². The highest BCUT2D eigenvalue weighted by Gasteiger charge is 2.40. The zero-order valence-electron chi connectivity index (χ0n) is 13.8. The Morgan fingerprint density at radius 2 is 1.44 bits per heavy atom. The van der Waals surface area contributed by atoms with Crippen molar-refractivity contribution in [3.05, 3.63) is 65.2 Å². The number of para-hydroxylation sites is 1. The Morgan fingerprint density at radius 1 is 0.920 bits per heavy atom. The molecular weight excluding hydrogens is 320 g/mol. The monoisotopic (exact) mass is 336 g/mol. The molecular formula is C19H16N2O4. The SMILES string of the molecule is CC(=O)c1ccccc1NC(=O)C(C)N1C(=O)c2ccccc2C1=O. The number of fused-ring (bicyclic) bond motifs is 1. The largest absolute Gasteiger partial charge is 0.324 e. The number of anilines is 1. The van der Waals surface area contributed by atoms with Crippen LogP contribution in [0.15, 0.2) is 48.5 Å². The molecule has 1 unspecified atom stereocenters. The third-order valence-electron chi connectivity index (χ3n) is 4.16. The van der Waals surface area contributed by atoms with Gasteiger partial charge in [-0.2, -0.15) is 0 Å². The molecule has 0 aliphatic carbocycles. The Bertz CT molecular complexity index is 869. The number of nitrogens with zero attached hydrogens (tertiary/aromatic N) is 1. The van der Waals surface area contributed by atoms with Gasteiger partial charge in [0.15, 0.2) is 5.78 Å². The topological polar surface area (TPSA) is 83.6 Å². The summed E-state index contributed by atoms with van der Waals surface area (Å²) in [4.78, 5) is 50.0. The molecule has 2 aromatic rings. The quantitative estimate of drug-likeness (QED) is 0.687. The van der Waals surface area contributed by atoms with E-state index >= 15 is 0 Å². The van der Waals surface area contributed by atoms with Gasteiger partial charge >= 0.3 is 0 Å². The van der Waals surface area contributed by atoms with Crippen molar-refractivity contribution in [2.24, 2.45) is 0 Å². The fourth-order valence-electron chi connectivity index (χ4n) is 2.81. The lowest BCUT2D eigenvalue weighted by Gasteiger charge is -2.22. The van der Waals surface area contributed by atoms with E-state index in [1.807, 2.05) is 0 Å². The van der Waals surface area contributed by atoms with Crippen LogP contribution >= 0.6 is 0 Å². The summed E-state index contributed by atoms with van der Waals surface area (Å²) in [6.45, 7) is 2.88. The molecule has 1 aliphatic heterocycles. The first-order chi connectivity index (χ1) is 11.9. The van der Waals surface area contributed by atoms with Crippen molar-refractivity contribution >= 4 is 29.2 Å². The molecule has 1 aliphatic rings. The van der Waals surface area contributed by atoms with E-state index in [4.69, 9.17) is 0 Å².